The van der Waals surface area contributed by atoms with Gasteiger partial charge in [-0.15, -0.1) is 0 Å². The van der Waals surface area contributed by atoms with Gasteiger partial charge in [0.05, 0.1) is 18.6 Å². The van der Waals surface area contributed by atoms with E-state index in [1.54, 1.807) is 0 Å². The Morgan fingerprint density at radius 2 is 1.30 bits per heavy atom. The molecular formula is C26H30N2O2. The van der Waals surface area contributed by atoms with Crippen molar-refractivity contribution in [1.82, 2.24) is 10.2 Å². The van der Waals surface area contributed by atoms with Gasteiger partial charge in [-0.3, -0.25) is 9.69 Å². The highest BCUT2D eigenvalue weighted by molar-refractivity contribution is 5.78. The molecule has 0 heterocycles. The molecule has 0 aromatic heterocycles. The summed E-state index contributed by atoms with van der Waals surface area (Å²) in [6.07, 6.45) is 0.609. The van der Waals surface area contributed by atoms with Crippen LogP contribution in [0.3, 0.4) is 0 Å². The Balaban J connectivity index is 1.82. The number of hydrogen-bond donors (Lipinski definition) is 2. The number of carbonyl (C=O) groups is 1. The number of amides is 1. The predicted molar refractivity (Wildman–Crippen MR) is 121 cm³/mol. The number of benzene rings is 3. The summed E-state index contributed by atoms with van der Waals surface area (Å²) in [5.41, 5.74) is 3.34. The highest BCUT2D eigenvalue weighted by Crippen LogP contribution is 2.28. The number of nitrogens with zero attached hydrogens (tertiary/aromatic N) is 1. The van der Waals surface area contributed by atoms with Crippen molar-refractivity contribution in [3.63, 3.8) is 0 Å². The van der Waals surface area contributed by atoms with E-state index in [2.05, 4.69) is 34.5 Å². The molecule has 3 aromatic rings. The summed E-state index contributed by atoms with van der Waals surface area (Å²) in [5, 5.41) is 12.6. The Hall–Kier alpha value is -2.95. The van der Waals surface area contributed by atoms with Crippen molar-refractivity contribution in [2.24, 2.45) is 0 Å². The molecule has 0 saturated heterocycles. The van der Waals surface area contributed by atoms with Crippen LogP contribution in [0.2, 0.25) is 0 Å². The van der Waals surface area contributed by atoms with Crippen LogP contribution < -0.4 is 5.32 Å². The lowest BCUT2D eigenvalue weighted by atomic mass is 9.96. The Morgan fingerprint density at radius 3 is 1.77 bits per heavy atom. The minimum absolute atomic E-state index is 0.0267. The molecule has 0 bridgehead atoms. The first-order valence-corrected chi connectivity index (χ1v) is 10.5. The van der Waals surface area contributed by atoms with Gasteiger partial charge in [0.15, 0.2) is 0 Å². The van der Waals surface area contributed by atoms with E-state index in [0.717, 1.165) is 16.7 Å². The summed E-state index contributed by atoms with van der Waals surface area (Å²) in [4.78, 5) is 15.1. The van der Waals surface area contributed by atoms with Crippen molar-refractivity contribution in [3.05, 3.63) is 108 Å². The van der Waals surface area contributed by atoms with Gasteiger partial charge in [-0.25, -0.2) is 0 Å². The molecule has 0 fully saturated rings. The normalized spacial score (nSPS) is 12.1. The fraction of sp³-hybridized carbons (Fsp3) is 0.269. The number of aliphatic hydroxyl groups excluding tert-OH is 1. The maximum Gasteiger partial charge on any atom is 0.234 e. The number of carbonyl (C=O) groups excluding carboxylic acids is 1. The van der Waals surface area contributed by atoms with Crippen LogP contribution in [0.1, 0.15) is 42.1 Å². The molecule has 0 saturated carbocycles. The minimum Gasteiger partial charge on any atom is -0.396 e. The molecule has 0 radical (unpaired) electrons. The van der Waals surface area contributed by atoms with Gasteiger partial charge in [0.25, 0.3) is 0 Å². The molecule has 1 unspecified atom stereocenters. The SMILES string of the molecule is CC(NC(=O)CN(CCCO)C(c1ccccc1)c1ccccc1)c1ccccc1. The molecule has 30 heavy (non-hydrogen) atoms. The van der Waals surface area contributed by atoms with E-state index >= 15 is 0 Å². The van der Waals surface area contributed by atoms with Crippen LogP contribution in [0.4, 0.5) is 0 Å². The Bertz CT molecular complexity index is 845. The van der Waals surface area contributed by atoms with Crippen molar-refractivity contribution in [2.75, 3.05) is 19.7 Å². The molecule has 4 heteroatoms. The molecule has 3 rings (SSSR count). The fourth-order valence-electron chi connectivity index (χ4n) is 3.75. The van der Waals surface area contributed by atoms with Gasteiger partial charge in [-0.05, 0) is 30.0 Å². The molecule has 2 N–H and O–H groups in total. The van der Waals surface area contributed by atoms with Gasteiger partial charge in [0.1, 0.15) is 0 Å². The van der Waals surface area contributed by atoms with E-state index in [1.807, 2.05) is 73.7 Å². The van der Waals surface area contributed by atoms with Crippen molar-refractivity contribution in [3.8, 4) is 0 Å². The van der Waals surface area contributed by atoms with Crippen molar-refractivity contribution >= 4 is 5.91 Å². The summed E-state index contributed by atoms with van der Waals surface area (Å²) in [6.45, 7) is 2.97. The molecule has 156 valence electrons. The van der Waals surface area contributed by atoms with Gasteiger partial charge in [-0.2, -0.15) is 0 Å². The quantitative estimate of drug-likeness (QED) is 0.530. The maximum absolute atomic E-state index is 13.0. The number of nitrogens with one attached hydrogen (secondary N) is 1. The molecule has 0 aliphatic rings. The Labute approximate surface area is 179 Å². The van der Waals surface area contributed by atoms with Gasteiger partial charge in [-0.1, -0.05) is 91.0 Å². The van der Waals surface area contributed by atoms with E-state index in [1.165, 1.54) is 0 Å². The lowest BCUT2D eigenvalue weighted by Gasteiger charge is -2.32. The van der Waals surface area contributed by atoms with Crippen LogP contribution in [0, 0.1) is 0 Å². The topological polar surface area (TPSA) is 52.6 Å². The lowest BCUT2D eigenvalue weighted by molar-refractivity contribution is -0.123. The highest BCUT2D eigenvalue weighted by Gasteiger charge is 2.24. The van der Waals surface area contributed by atoms with Gasteiger partial charge >= 0.3 is 0 Å². The predicted octanol–water partition coefficient (Wildman–Crippen LogP) is 4.34. The molecule has 1 atom stereocenters. The number of rotatable bonds is 10. The third-order valence-electron chi connectivity index (χ3n) is 5.22. The largest absolute Gasteiger partial charge is 0.396 e. The average Bonchev–Trinajstić information content (AvgIpc) is 2.79. The molecule has 0 aliphatic carbocycles. The fourth-order valence-corrected chi connectivity index (χ4v) is 3.75. The van der Waals surface area contributed by atoms with E-state index in [9.17, 15) is 9.90 Å². The van der Waals surface area contributed by atoms with Gasteiger partial charge in [0, 0.05) is 13.2 Å². The third kappa shape index (κ3) is 6.02. The van der Waals surface area contributed by atoms with Gasteiger partial charge < -0.3 is 10.4 Å². The third-order valence-corrected chi connectivity index (χ3v) is 5.22. The first kappa shape index (κ1) is 21.8. The first-order valence-electron chi connectivity index (χ1n) is 10.5. The van der Waals surface area contributed by atoms with Crippen LogP contribution in [0.5, 0.6) is 0 Å². The summed E-state index contributed by atoms with van der Waals surface area (Å²) in [7, 11) is 0. The molecule has 4 nitrogen and oxygen atoms in total. The molecule has 0 spiro atoms. The molecule has 3 aromatic carbocycles. The first-order chi connectivity index (χ1) is 14.7. The summed E-state index contributed by atoms with van der Waals surface area (Å²) in [5.74, 6) is -0.0267. The standard InChI is InChI=1S/C26H30N2O2/c1-21(22-12-5-2-6-13-22)27-25(30)20-28(18-11-19-29)26(23-14-7-3-8-15-23)24-16-9-4-10-17-24/h2-10,12-17,21,26,29H,11,18-20H2,1H3,(H,27,30). The van der Waals surface area contributed by atoms with E-state index < -0.39 is 0 Å². The van der Waals surface area contributed by atoms with Crippen LogP contribution in [0.25, 0.3) is 0 Å². The molecular weight excluding hydrogens is 372 g/mol. The Kier molecular flexibility index (Phi) is 8.19. The number of hydrogen-bond acceptors (Lipinski definition) is 3. The zero-order valence-corrected chi connectivity index (χ0v) is 17.4. The molecule has 0 aliphatic heterocycles. The van der Waals surface area contributed by atoms with E-state index in [4.69, 9.17) is 0 Å². The van der Waals surface area contributed by atoms with Gasteiger partial charge in [0.2, 0.25) is 5.91 Å². The monoisotopic (exact) mass is 402 g/mol. The van der Waals surface area contributed by atoms with Crippen LogP contribution in [-0.4, -0.2) is 35.6 Å². The second-order valence-electron chi connectivity index (χ2n) is 7.47. The zero-order valence-electron chi connectivity index (χ0n) is 17.4. The van der Waals surface area contributed by atoms with E-state index in [0.29, 0.717) is 13.0 Å². The van der Waals surface area contributed by atoms with Crippen LogP contribution in [-0.2, 0) is 4.79 Å². The van der Waals surface area contributed by atoms with Crippen molar-refractivity contribution in [2.45, 2.75) is 25.4 Å². The summed E-state index contributed by atoms with van der Waals surface area (Å²) < 4.78 is 0. The Morgan fingerprint density at radius 1 is 0.833 bits per heavy atom. The maximum atomic E-state index is 13.0. The van der Waals surface area contributed by atoms with Crippen LogP contribution >= 0.6 is 0 Å². The smallest absolute Gasteiger partial charge is 0.234 e. The molecule has 1 amide bonds. The van der Waals surface area contributed by atoms with E-state index in [-0.39, 0.29) is 31.1 Å². The number of aliphatic hydroxyl groups is 1. The second kappa shape index (κ2) is 11.3. The summed E-state index contributed by atoms with van der Waals surface area (Å²) in [6, 6.07) is 30.3. The average molecular weight is 403 g/mol. The van der Waals surface area contributed by atoms with Crippen molar-refractivity contribution in [1.29, 1.82) is 0 Å². The minimum atomic E-state index is -0.0645. The van der Waals surface area contributed by atoms with Crippen molar-refractivity contribution < 1.29 is 9.90 Å². The zero-order chi connectivity index (χ0) is 21.2. The van der Waals surface area contributed by atoms with Crippen LogP contribution in [0.15, 0.2) is 91.0 Å². The summed E-state index contributed by atoms with van der Waals surface area (Å²) >= 11 is 0. The lowest BCUT2D eigenvalue weighted by Crippen LogP contribution is -2.41. The second-order valence-corrected chi connectivity index (χ2v) is 7.47. The highest BCUT2D eigenvalue weighted by atomic mass is 16.3.